The highest BCUT2D eigenvalue weighted by atomic mass is 32.2. The van der Waals surface area contributed by atoms with Crippen molar-refractivity contribution >= 4 is 21.0 Å². The molecule has 0 aliphatic heterocycles. The lowest BCUT2D eigenvalue weighted by Gasteiger charge is -2.03. The molecule has 0 saturated carbocycles. The molecule has 2 rings (SSSR count). The lowest BCUT2D eigenvalue weighted by molar-refractivity contribution is 0.328. The number of sulfone groups is 1. The van der Waals surface area contributed by atoms with Gasteiger partial charge in [-0.05, 0) is 19.9 Å². The number of aromatic amines is 1. The van der Waals surface area contributed by atoms with Crippen LogP contribution in [0.5, 0.6) is 5.88 Å². The molecule has 1 N–H and O–H groups in total. The maximum Gasteiger partial charge on any atom is 0.215 e. The molecule has 2 aromatic rings. The Morgan fingerprint density at radius 2 is 2.11 bits per heavy atom. The first-order chi connectivity index (χ1) is 8.41. The van der Waals surface area contributed by atoms with E-state index < -0.39 is 15.1 Å². The third-order valence-corrected chi connectivity index (χ3v) is 4.17. The van der Waals surface area contributed by atoms with Crippen molar-refractivity contribution in [2.45, 2.75) is 19.1 Å². The fourth-order valence-electron chi connectivity index (χ4n) is 1.52. The van der Waals surface area contributed by atoms with Crippen LogP contribution in [0.25, 0.3) is 11.2 Å². The summed E-state index contributed by atoms with van der Waals surface area (Å²) in [6.07, 6.45) is 1.18. The normalized spacial score (nSPS) is 13.7. The number of hydrogen-bond acceptors (Lipinski definition) is 5. The van der Waals surface area contributed by atoms with Crippen molar-refractivity contribution in [3.63, 3.8) is 0 Å². The highest BCUT2D eigenvalue weighted by Crippen LogP contribution is 2.22. The molecule has 0 radical (unpaired) electrons. The van der Waals surface area contributed by atoms with Crippen molar-refractivity contribution in [1.82, 2.24) is 15.0 Å². The second-order valence-electron chi connectivity index (χ2n) is 4.05. The molecule has 6 nitrogen and oxygen atoms in total. The van der Waals surface area contributed by atoms with Gasteiger partial charge in [0.25, 0.3) is 0 Å². The molecule has 0 fully saturated rings. The Bertz CT molecular complexity index is 663. The molecular formula is C11H15N3O3S. The molecule has 98 valence electrons. The van der Waals surface area contributed by atoms with Crippen LogP contribution in [0.2, 0.25) is 0 Å². The summed E-state index contributed by atoms with van der Waals surface area (Å²) in [5.74, 6) is 0.878. The van der Waals surface area contributed by atoms with E-state index in [2.05, 4.69) is 15.0 Å². The summed E-state index contributed by atoms with van der Waals surface area (Å²) in [4.78, 5) is 11.3. The van der Waals surface area contributed by atoms with Gasteiger partial charge in [-0.3, -0.25) is 0 Å². The predicted molar refractivity (Wildman–Crippen MR) is 68.3 cm³/mol. The molecule has 0 bridgehead atoms. The predicted octanol–water partition coefficient (Wildman–Crippen LogP) is 1.46. The molecule has 2 heterocycles. The van der Waals surface area contributed by atoms with E-state index in [4.69, 9.17) is 4.74 Å². The lowest BCUT2D eigenvalue weighted by Crippen LogP contribution is -2.09. The standard InChI is InChI=1S/C11H15N3O3S/c1-4-17-9-6-5-8-11(13-9)14-10(12-8)7(2)18(3,15)16/h5-7H,4H2,1-3H3,(H,12,13,14). The zero-order chi connectivity index (χ0) is 13.3. The third kappa shape index (κ3) is 2.45. The number of nitrogens with one attached hydrogen (secondary N) is 1. The number of pyridine rings is 1. The van der Waals surface area contributed by atoms with Crippen LogP contribution in [0.15, 0.2) is 12.1 Å². The first kappa shape index (κ1) is 12.8. The van der Waals surface area contributed by atoms with Gasteiger partial charge in [-0.1, -0.05) is 0 Å². The Hall–Kier alpha value is -1.63. The second-order valence-corrected chi connectivity index (χ2v) is 6.41. The van der Waals surface area contributed by atoms with Gasteiger partial charge in [-0.2, -0.15) is 4.98 Å². The Labute approximate surface area is 105 Å². The van der Waals surface area contributed by atoms with Crippen molar-refractivity contribution in [3.8, 4) is 5.88 Å². The Balaban J connectivity index is 2.44. The van der Waals surface area contributed by atoms with Gasteiger partial charge in [0.15, 0.2) is 15.5 Å². The second kappa shape index (κ2) is 4.56. The molecule has 0 aromatic carbocycles. The molecule has 1 unspecified atom stereocenters. The summed E-state index contributed by atoms with van der Waals surface area (Å²) in [5.41, 5.74) is 1.16. The molecule has 0 spiro atoms. The minimum Gasteiger partial charge on any atom is -0.478 e. The van der Waals surface area contributed by atoms with E-state index in [9.17, 15) is 8.42 Å². The largest absolute Gasteiger partial charge is 0.478 e. The minimum absolute atomic E-state index is 0.397. The number of fused-ring (bicyclic) bond motifs is 1. The molecule has 0 amide bonds. The van der Waals surface area contributed by atoms with Gasteiger partial charge in [0, 0.05) is 12.3 Å². The van der Waals surface area contributed by atoms with E-state index in [-0.39, 0.29) is 0 Å². The maximum atomic E-state index is 11.5. The summed E-state index contributed by atoms with van der Waals surface area (Å²) in [5, 5.41) is -0.678. The van der Waals surface area contributed by atoms with Crippen molar-refractivity contribution in [1.29, 1.82) is 0 Å². The maximum absolute atomic E-state index is 11.5. The van der Waals surface area contributed by atoms with E-state index in [1.807, 2.05) is 6.92 Å². The van der Waals surface area contributed by atoms with Crippen LogP contribution in [-0.4, -0.2) is 36.2 Å². The highest BCUT2D eigenvalue weighted by Gasteiger charge is 2.21. The zero-order valence-corrected chi connectivity index (χ0v) is 11.3. The Morgan fingerprint density at radius 1 is 1.39 bits per heavy atom. The van der Waals surface area contributed by atoms with E-state index in [1.165, 1.54) is 6.26 Å². The average molecular weight is 269 g/mol. The van der Waals surface area contributed by atoms with E-state index in [1.54, 1.807) is 19.1 Å². The van der Waals surface area contributed by atoms with Crippen LogP contribution >= 0.6 is 0 Å². The quantitative estimate of drug-likeness (QED) is 0.908. The van der Waals surface area contributed by atoms with Gasteiger partial charge in [0.05, 0.1) is 12.1 Å². The molecule has 18 heavy (non-hydrogen) atoms. The van der Waals surface area contributed by atoms with E-state index in [0.717, 1.165) is 0 Å². The lowest BCUT2D eigenvalue weighted by atomic mass is 10.4. The molecule has 0 aliphatic carbocycles. The fraction of sp³-hybridized carbons (Fsp3) is 0.455. The topological polar surface area (TPSA) is 84.9 Å². The number of H-pyrrole nitrogens is 1. The van der Waals surface area contributed by atoms with Gasteiger partial charge < -0.3 is 9.72 Å². The number of ether oxygens (including phenoxy) is 1. The smallest absolute Gasteiger partial charge is 0.215 e. The number of hydrogen-bond donors (Lipinski definition) is 1. The number of rotatable bonds is 4. The van der Waals surface area contributed by atoms with E-state index in [0.29, 0.717) is 29.5 Å². The molecule has 1 atom stereocenters. The number of aromatic nitrogens is 3. The monoisotopic (exact) mass is 269 g/mol. The first-order valence-electron chi connectivity index (χ1n) is 5.60. The SMILES string of the molecule is CCOc1ccc2[nH]c(C(C)S(C)(=O)=O)nc2n1. The van der Waals surface area contributed by atoms with Crippen molar-refractivity contribution in [2.24, 2.45) is 0 Å². The minimum atomic E-state index is -3.18. The molecule has 2 aromatic heterocycles. The van der Waals surface area contributed by atoms with Crippen molar-refractivity contribution < 1.29 is 13.2 Å². The summed E-state index contributed by atoms with van der Waals surface area (Å²) in [7, 11) is -3.18. The first-order valence-corrected chi connectivity index (χ1v) is 7.55. The average Bonchev–Trinajstić information content (AvgIpc) is 2.70. The van der Waals surface area contributed by atoms with Crippen LogP contribution in [0.3, 0.4) is 0 Å². The molecule has 0 saturated heterocycles. The van der Waals surface area contributed by atoms with Crippen LogP contribution in [0, 0.1) is 0 Å². The van der Waals surface area contributed by atoms with Crippen LogP contribution in [0.1, 0.15) is 24.9 Å². The molecular weight excluding hydrogens is 254 g/mol. The Morgan fingerprint density at radius 3 is 2.72 bits per heavy atom. The Kier molecular flexibility index (Phi) is 3.25. The van der Waals surface area contributed by atoms with Gasteiger partial charge >= 0.3 is 0 Å². The molecule has 7 heteroatoms. The van der Waals surface area contributed by atoms with Gasteiger partial charge in [0.1, 0.15) is 11.1 Å². The highest BCUT2D eigenvalue weighted by molar-refractivity contribution is 7.90. The summed E-state index contributed by atoms with van der Waals surface area (Å²) in [6.45, 7) is 3.99. The van der Waals surface area contributed by atoms with Gasteiger partial charge in [-0.15, -0.1) is 0 Å². The number of nitrogens with zero attached hydrogens (tertiary/aromatic N) is 2. The van der Waals surface area contributed by atoms with Crippen molar-refractivity contribution in [3.05, 3.63) is 18.0 Å². The molecule has 0 aliphatic rings. The van der Waals surface area contributed by atoms with Crippen LogP contribution < -0.4 is 4.74 Å². The van der Waals surface area contributed by atoms with Gasteiger partial charge in [0.2, 0.25) is 5.88 Å². The van der Waals surface area contributed by atoms with Crippen LogP contribution in [-0.2, 0) is 9.84 Å². The summed E-state index contributed by atoms with van der Waals surface area (Å²) >= 11 is 0. The zero-order valence-electron chi connectivity index (χ0n) is 10.5. The van der Waals surface area contributed by atoms with Crippen LogP contribution in [0.4, 0.5) is 0 Å². The number of imidazole rings is 1. The van der Waals surface area contributed by atoms with Crippen molar-refractivity contribution in [2.75, 3.05) is 12.9 Å². The van der Waals surface area contributed by atoms with Gasteiger partial charge in [-0.25, -0.2) is 13.4 Å². The fourth-order valence-corrected chi connectivity index (χ4v) is 2.03. The summed E-state index contributed by atoms with van der Waals surface area (Å²) < 4.78 is 28.2. The summed E-state index contributed by atoms with van der Waals surface area (Å²) in [6, 6.07) is 3.50. The third-order valence-electron chi connectivity index (χ3n) is 2.66. The van der Waals surface area contributed by atoms with E-state index >= 15 is 0 Å².